The molecule has 0 bridgehead atoms. The van der Waals surface area contributed by atoms with Gasteiger partial charge in [0.05, 0.1) is 61.2 Å². The molecule has 0 aliphatic heterocycles. The van der Waals surface area contributed by atoms with Crippen LogP contribution in [0, 0.1) is 0 Å². The first kappa shape index (κ1) is 67.8. The Hall–Kier alpha value is -15.9. The van der Waals surface area contributed by atoms with Crippen LogP contribution in [0.15, 0.2) is 425 Å². The minimum Gasteiger partial charge on any atom is -0.309 e. The Morgan fingerprint density at radius 3 is 1.13 bits per heavy atom. The van der Waals surface area contributed by atoms with Crippen LogP contribution in [0.25, 0.3) is 221 Å². The van der Waals surface area contributed by atoms with Crippen molar-refractivity contribution < 1.29 is 0 Å². The topological polar surface area (TPSA) is 71.3 Å². The summed E-state index contributed by atoms with van der Waals surface area (Å²) in [5, 5.41) is 17.2. The Labute approximate surface area is 679 Å². The summed E-state index contributed by atoms with van der Waals surface area (Å²) in [4.78, 5) is 20.5. The van der Waals surface area contributed by atoms with E-state index in [1.807, 2.05) is 36.4 Å². The van der Waals surface area contributed by atoms with Crippen LogP contribution in [0.2, 0.25) is 0 Å². The first-order chi connectivity index (χ1) is 58.5. The monoisotopic (exact) mass is 1500 g/mol. The Morgan fingerprint density at radius 2 is 0.542 bits per heavy atom. The van der Waals surface area contributed by atoms with Crippen LogP contribution in [0.3, 0.4) is 0 Å². The molecule has 0 spiro atoms. The van der Waals surface area contributed by atoms with Crippen LogP contribution in [0.4, 0.5) is 0 Å². The van der Waals surface area contributed by atoms with Gasteiger partial charge in [-0.05, 0) is 164 Å². The number of hydrogen-bond acceptors (Lipinski definition) is 4. The predicted octanol–water partition coefficient (Wildman–Crippen LogP) is 28.5. The maximum atomic E-state index is 5.30. The molecule has 0 unspecified atom stereocenters. The lowest BCUT2D eigenvalue weighted by Gasteiger charge is -2.13. The van der Waals surface area contributed by atoms with E-state index in [-0.39, 0.29) is 0 Å². The average Bonchev–Trinajstić information content (AvgIpc) is 1.55. The zero-order valence-corrected chi connectivity index (χ0v) is 64.0. The molecular formula is C110H70N8. The largest absolute Gasteiger partial charge is 0.309 e. The summed E-state index contributed by atoms with van der Waals surface area (Å²) in [7, 11) is 0. The zero-order chi connectivity index (χ0) is 77.7. The van der Waals surface area contributed by atoms with E-state index in [9.17, 15) is 0 Å². The molecular weight excluding hydrogens is 1430 g/mol. The normalized spacial score (nSPS) is 11.7. The highest BCUT2D eigenvalue weighted by atomic mass is 15.0. The third kappa shape index (κ3) is 11.4. The molecule has 0 atom stereocenters. The Bertz CT molecular complexity index is 8090. The highest BCUT2D eigenvalue weighted by Crippen LogP contribution is 2.46. The van der Waals surface area contributed by atoms with Crippen LogP contribution >= 0.6 is 0 Å². The Balaban J connectivity index is 0.000000138. The van der Waals surface area contributed by atoms with E-state index < -0.39 is 0 Å². The molecule has 0 aliphatic rings. The van der Waals surface area contributed by atoms with E-state index in [1.54, 1.807) is 0 Å². The molecule has 6 heterocycles. The van der Waals surface area contributed by atoms with Gasteiger partial charge in [0.2, 0.25) is 0 Å². The summed E-state index contributed by atoms with van der Waals surface area (Å²) >= 11 is 0. The number of nitrogens with zero attached hydrogens (tertiary/aromatic N) is 8. The highest BCUT2D eigenvalue weighted by molar-refractivity contribution is 6.28. The van der Waals surface area contributed by atoms with Gasteiger partial charge in [0.1, 0.15) is 0 Å². The van der Waals surface area contributed by atoms with Gasteiger partial charge in [-0.1, -0.05) is 309 Å². The van der Waals surface area contributed by atoms with Crippen molar-refractivity contribution in [3.8, 4) is 102 Å². The fourth-order valence-electron chi connectivity index (χ4n) is 18.1. The minimum atomic E-state index is 0.624. The minimum absolute atomic E-state index is 0.624. The third-order valence-corrected chi connectivity index (χ3v) is 23.6. The standard InChI is InChI=1S/C55H35N5.C55H35N3/c1-3-14-36(15-4-1)40-20-13-21-42(34-40)55-57-53(38-17-5-2-6-18-38)56-54(58-55)39-27-29-43(30-28-39)59-49-25-12-10-23-47(49)51-50(59)33-32-46-45-22-9-11-24-48(45)60(52(46)51)44-31-26-37-16-7-8-19-41(37)35-44;1-2-13-36(14-3-1)42-34-48(56-49(35-42)41-26-25-37-15-4-5-17-40(37)33-41)39-27-29-43(30-28-39)57-52-23-11-9-21-47(52)54-53(57)32-31-46-45-20-8-10-22-51(45)58(55(46)54)50-24-12-18-38-16-6-7-19-44(38)50/h1-35H;1-35H. The number of hydrogen-bond donors (Lipinski definition) is 0. The van der Waals surface area contributed by atoms with Crippen molar-refractivity contribution >= 4 is 120 Å². The molecule has 18 aromatic carbocycles. The number of benzene rings is 18. The second-order valence-electron chi connectivity index (χ2n) is 30.4. The Kier molecular flexibility index (Phi) is 16.1. The molecule has 0 N–H and O–H groups in total. The zero-order valence-electron chi connectivity index (χ0n) is 64.0. The van der Waals surface area contributed by atoms with Crippen LogP contribution in [0.1, 0.15) is 0 Å². The SMILES string of the molecule is c1ccc(-c2cc(-c3ccc(-n4c5ccccc5c5c4ccc4c6ccccc6n(-c6cccc7ccccc67)c45)cc3)nc(-c3ccc4ccccc4c3)c2)cc1.c1ccc(-c2cccc(-c3nc(-c4ccccc4)nc(-c4ccc(-n5c6ccccc6c6c5ccc5c7ccccc7n(-c7ccc8ccccc8c7)c56)cc4)n3)c2)cc1. The van der Waals surface area contributed by atoms with Crippen LogP contribution in [-0.2, 0) is 0 Å². The summed E-state index contributed by atoms with van der Waals surface area (Å²) < 4.78 is 9.76. The van der Waals surface area contributed by atoms with Gasteiger partial charge in [-0.15, -0.1) is 0 Å². The van der Waals surface area contributed by atoms with Gasteiger partial charge in [-0.2, -0.15) is 0 Å². The molecule has 0 saturated heterocycles. The quantitative estimate of drug-likeness (QED) is 0.129. The maximum absolute atomic E-state index is 5.30. The number of pyridine rings is 1. The smallest absolute Gasteiger partial charge is 0.164 e. The number of aromatic nitrogens is 8. The number of para-hydroxylation sites is 4. The van der Waals surface area contributed by atoms with Crippen molar-refractivity contribution in [2.24, 2.45) is 0 Å². The molecule has 550 valence electrons. The summed E-state index contributed by atoms with van der Waals surface area (Å²) in [6.07, 6.45) is 0. The summed E-state index contributed by atoms with van der Waals surface area (Å²) in [5.41, 5.74) is 25.4. The predicted molar refractivity (Wildman–Crippen MR) is 492 cm³/mol. The van der Waals surface area contributed by atoms with Crippen LogP contribution in [-0.4, -0.2) is 38.2 Å². The summed E-state index contributed by atoms with van der Waals surface area (Å²) in [6.45, 7) is 0. The highest BCUT2D eigenvalue weighted by Gasteiger charge is 2.25. The average molecular weight is 1500 g/mol. The molecule has 0 fully saturated rings. The number of fused-ring (bicyclic) bond motifs is 17. The summed E-state index contributed by atoms with van der Waals surface area (Å²) in [6, 6.07) is 152. The van der Waals surface area contributed by atoms with E-state index in [4.69, 9.17) is 19.9 Å². The molecule has 6 aromatic heterocycles. The lowest BCUT2D eigenvalue weighted by atomic mass is 9.98. The first-order valence-electron chi connectivity index (χ1n) is 40.2. The second kappa shape index (κ2) is 28.0. The fourth-order valence-corrected chi connectivity index (χ4v) is 18.1. The van der Waals surface area contributed by atoms with Crippen molar-refractivity contribution in [3.05, 3.63) is 425 Å². The van der Waals surface area contributed by atoms with Crippen molar-refractivity contribution in [2.75, 3.05) is 0 Å². The van der Waals surface area contributed by atoms with E-state index in [2.05, 4.69) is 407 Å². The lowest BCUT2D eigenvalue weighted by molar-refractivity contribution is 1.07. The summed E-state index contributed by atoms with van der Waals surface area (Å²) in [5.74, 6) is 1.89. The van der Waals surface area contributed by atoms with Gasteiger partial charge in [-0.3, -0.25) is 0 Å². The van der Waals surface area contributed by atoms with E-state index in [0.29, 0.717) is 17.5 Å². The third-order valence-electron chi connectivity index (χ3n) is 23.6. The number of rotatable bonds is 11. The molecule has 0 radical (unpaired) electrons. The molecule has 24 rings (SSSR count). The van der Waals surface area contributed by atoms with Crippen molar-refractivity contribution in [3.63, 3.8) is 0 Å². The molecule has 0 amide bonds. The van der Waals surface area contributed by atoms with Crippen molar-refractivity contribution in [2.45, 2.75) is 0 Å². The van der Waals surface area contributed by atoms with Gasteiger partial charge in [0.15, 0.2) is 17.5 Å². The fraction of sp³-hybridized carbons (Fsp3) is 0. The van der Waals surface area contributed by atoms with Crippen molar-refractivity contribution in [1.82, 2.24) is 38.2 Å². The van der Waals surface area contributed by atoms with E-state index >= 15 is 0 Å². The van der Waals surface area contributed by atoms with Crippen LogP contribution < -0.4 is 0 Å². The van der Waals surface area contributed by atoms with Gasteiger partial charge < -0.3 is 18.3 Å². The maximum Gasteiger partial charge on any atom is 0.164 e. The molecule has 24 aromatic rings. The van der Waals surface area contributed by atoms with Crippen molar-refractivity contribution in [1.29, 1.82) is 0 Å². The van der Waals surface area contributed by atoms with Gasteiger partial charge in [-0.25, -0.2) is 19.9 Å². The Morgan fingerprint density at radius 1 is 0.161 bits per heavy atom. The first-order valence-corrected chi connectivity index (χ1v) is 40.2. The van der Waals surface area contributed by atoms with Gasteiger partial charge >= 0.3 is 0 Å². The molecule has 8 nitrogen and oxygen atoms in total. The molecule has 0 aliphatic carbocycles. The second-order valence-corrected chi connectivity index (χ2v) is 30.4. The lowest BCUT2D eigenvalue weighted by Crippen LogP contribution is -2.00. The van der Waals surface area contributed by atoms with E-state index in [1.165, 1.54) is 120 Å². The molecule has 8 heteroatoms. The van der Waals surface area contributed by atoms with E-state index in [0.717, 1.165) is 84.0 Å². The van der Waals surface area contributed by atoms with Gasteiger partial charge in [0.25, 0.3) is 0 Å². The molecule has 0 saturated carbocycles. The molecule has 118 heavy (non-hydrogen) atoms. The van der Waals surface area contributed by atoms with Gasteiger partial charge in [0, 0.05) is 93.4 Å². The van der Waals surface area contributed by atoms with Crippen LogP contribution in [0.5, 0.6) is 0 Å².